The Morgan fingerprint density at radius 3 is 2.71 bits per heavy atom. The van der Waals surface area contributed by atoms with E-state index in [4.69, 9.17) is 5.10 Å². The van der Waals surface area contributed by atoms with Crippen LogP contribution < -0.4 is 5.32 Å². The maximum absolute atomic E-state index is 4.85. The molecule has 0 spiro atoms. The fraction of sp³-hybridized carbons (Fsp3) is 0.500. The van der Waals surface area contributed by atoms with Crippen molar-refractivity contribution in [3.8, 4) is 0 Å². The molecule has 3 heteroatoms. The van der Waals surface area contributed by atoms with Crippen molar-refractivity contribution >= 4 is 5.82 Å². The average Bonchev–Trinajstić information content (AvgIpc) is 2.88. The summed E-state index contributed by atoms with van der Waals surface area (Å²) in [7, 11) is 0. The van der Waals surface area contributed by atoms with Gasteiger partial charge in [-0.25, -0.2) is 4.68 Å². The summed E-state index contributed by atoms with van der Waals surface area (Å²) < 4.78 is 2.18. The van der Waals surface area contributed by atoms with E-state index in [-0.39, 0.29) is 0 Å². The lowest BCUT2D eigenvalue weighted by Gasteiger charge is -2.26. The zero-order chi connectivity index (χ0) is 14.8. The van der Waals surface area contributed by atoms with Gasteiger partial charge in [0, 0.05) is 12.6 Å². The number of hydrogen-bond donors (Lipinski definition) is 1. The number of benzene rings is 1. The van der Waals surface area contributed by atoms with Crippen LogP contribution in [-0.4, -0.2) is 16.3 Å². The van der Waals surface area contributed by atoms with E-state index in [2.05, 4.69) is 61.1 Å². The predicted octanol–water partition coefficient (Wildman–Crippen LogP) is 4.05. The smallest absolute Gasteiger partial charge is 0.125 e. The number of nitrogens with zero attached hydrogens (tertiary/aromatic N) is 2. The molecule has 0 bridgehead atoms. The highest BCUT2D eigenvalue weighted by molar-refractivity contribution is 5.41. The van der Waals surface area contributed by atoms with Crippen LogP contribution in [0.2, 0.25) is 0 Å². The normalized spacial score (nSPS) is 17.6. The number of nitrogens with one attached hydrogen (secondary N) is 1. The van der Waals surface area contributed by atoms with E-state index in [1.807, 2.05) is 0 Å². The molecule has 0 radical (unpaired) electrons. The van der Waals surface area contributed by atoms with Crippen LogP contribution in [0.15, 0.2) is 30.3 Å². The molecule has 1 atom stereocenters. The van der Waals surface area contributed by atoms with Gasteiger partial charge >= 0.3 is 0 Å². The first-order valence-corrected chi connectivity index (χ1v) is 8.08. The lowest BCUT2D eigenvalue weighted by molar-refractivity contribution is 0.474. The maximum Gasteiger partial charge on any atom is 0.125 e. The SMILES string of the molecule is CCc1ccc(C2CCNc3cc(CC(C)C)nn32)cc1. The molecule has 1 aromatic carbocycles. The lowest BCUT2D eigenvalue weighted by Crippen LogP contribution is -2.24. The standard InChI is InChI=1S/C18H25N3/c1-4-14-5-7-15(8-6-14)17-9-10-19-18-12-16(11-13(2)3)20-21(17)18/h5-8,12-13,17,19H,4,9-11H2,1-3H3. The Hall–Kier alpha value is -1.77. The van der Waals surface area contributed by atoms with Crippen molar-refractivity contribution in [1.29, 1.82) is 0 Å². The molecule has 3 nitrogen and oxygen atoms in total. The van der Waals surface area contributed by atoms with Crippen LogP contribution in [0.25, 0.3) is 0 Å². The fourth-order valence-electron chi connectivity index (χ4n) is 3.08. The zero-order valence-electron chi connectivity index (χ0n) is 13.3. The van der Waals surface area contributed by atoms with Crippen molar-refractivity contribution in [1.82, 2.24) is 9.78 Å². The average molecular weight is 283 g/mol. The summed E-state index contributed by atoms with van der Waals surface area (Å²) in [5, 5.41) is 8.32. The molecule has 3 rings (SSSR count). The third kappa shape index (κ3) is 2.97. The first kappa shape index (κ1) is 14.2. The van der Waals surface area contributed by atoms with Crippen LogP contribution in [0.3, 0.4) is 0 Å². The van der Waals surface area contributed by atoms with Gasteiger partial charge in [-0.15, -0.1) is 0 Å². The minimum absolute atomic E-state index is 0.369. The summed E-state index contributed by atoms with van der Waals surface area (Å²) in [6, 6.07) is 11.6. The van der Waals surface area contributed by atoms with E-state index in [1.54, 1.807) is 0 Å². The Bertz CT molecular complexity index is 595. The van der Waals surface area contributed by atoms with E-state index in [9.17, 15) is 0 Å². The summed E-state index contributed by atoms with van der Waals surface area (Å²) in [5.41, 5.74) is 3.97. The molecule has 0 aliphatic carbocycles. The molecule has 2 heterocycles. The topological polar surface area (TPSA) is 29.9 Å². The first-order chi connectivity index (χ1) is 10.2. The highest BCUT2D eigenvalue weighted by Gasteiger charge is 2.23. The Morgan fingerprint density at radius 2 is 2.05 bits per heavy atom. The number of aryl methyl sites for hydroxylation is 1. The van der Waals surface area contributed by atoms with Crippen molar-refractivity contribution in [2.45, 2.75) is 46.1 Å². The van der Waals surface area contributed by atoms with E-state index < -0.39 is 0 Å². The fourth-order valence-corrected chi connectivity index (χ4v) is 3.08. The largest absolute Gasteiger partial charge is 0.370 e. The van der Waals surface area contributed by atoms with Gasteiger partial charge in [0.05, 0.1) is 11.7 Å². The van der Waals surface area contributed by atoms with Crippen LogP contribution >= 0.6 is 0 Å². The molecule has 1 unspecified atom stereocenters. The number of hydrogen-bond acceptors (Lipinski definition) is 2. The van der Waals surface area contributed by atoms with E-state index in [0.717, 1.165) is 25.8 Å². The minimum Gasteiger partial charge on any atom is -0.370 e. The molecule has 1 N–H and O–H groups in total. The van der Waals surface area contributed by atoms with Crippen molar-refractivity contribution in [2.75, 3.05) is 11.9 Å². The van der Waals surface area contributed by atoms with Gasteiger partial charge < -0.3 is 5.32 Å². The van der Waals surface area contributed by atoms with Crippen LogP contribution in [0.5, 0.6) is 0 Å². The van der Waals surface area contributed by atoms with E-state index in [1.165, 1.54) is 22.6 Å². The lowest BCUT2D eigenvalue weighted by atomic mass is 10.0. The molecule has 21 heavy (non-hydrogen) atoms. The third-order valence-corrected chi connectivity index (χ3v) is 4.20. The zero-order valence-corrected chi connectivity index (χ0v) is 13.3. The Balaban J connectivity index is 1.89. The molecule has 0 saturated carbocycles. The van der Waals surface area contributed by atoms with Gasteiger partial charge in [0.15, 0.2) is 0 Å². The van der Waals surface area contributed by atoms with Crippen LogP contribution in [0.1, 0.15) is 50.1 Å². The molecule has 0 fully saturated rings. The van der Waals surface area contributed by atoms with Gasteiger partial charge in [0.1, 0.15) is 5.82 Å². The molecule has 112 valence electrons. The first-order valence-electron chi connectivity index (χ1n) is 8.08. The maximum atomic E-state index is 4.85. The summed E-state index contributed by atoms with van der Waals surface area (Å²) in [6.07, 6.45) is 3.24. The number of aromatic nitrogens is 2. The van der Waals surface area contributed by atoms with Gasteiger partial charge in [0.25, 0.3) is 0 Å². The van der Waals surface area contributed by atoms with Crippen molar-refractivity contribution in [3.05, 3.63) is 47.2 Å². The Kier molecular flexibility index (Phi) is 4.00. The molecule has 2 aromatic rings. The second-order valence-electron chi connectivity index (χ2n) is 6.39. The monoisotopic (exact) mass is 283 g/mol. The Morgan fingerprint density at radius 1 is 1.29 bits per heavy atom. The van der Waals surface area contributed by atoms with Crippen LogP contribution in [-0.2, 0) is 12.8 Å². The van der Waals surface area contributed by atoms with Gasteiger partial charge in [-0.1, -0.05) is 45.0 Å². The van der Waals surface area contributed by atoms with Crippen molar-refractivity contribution in [3.63, 3.8) is 0 Å². The minimum atomic E-state index is 0.369. The molecular formula is C18H25N3. The molecule has 0 saturated heterocycles. The second kappa shape index (κ2) is 5.92. The van der Waals surface area contributed by atoms with Crippen LogP contribution in [0, 0.1) is 5.92 Å². The Labute approximate surface area is 127 Å². The number of rotatable bonds is 4. The van der Waals surface area contributed by atoms with Crippen molar-refractivity contribution < 1.29 is 0 Å². The molecule has 1 aliphatic heterocycles. The van der Waals surface area contributed by atoms with Crippen LogP contribution in [0.4, 0.5) is 5.82 Å². The molecule has 1 aromatic heterocycles. The summed E-state index contributed by atoms with van der Waals surface area (Å²) in [6.45, 7) is 7.70. The van der Waals surface area contributed by atoms with Gasteiger partial charge in [0.2, 0.25) is 0 Å². The van der Waals surface area contributed by atoms with Gasteiger partial charge in [-0.3, -0.25) is 0 Å². The number of fused-ring (bicyclic) bond motifs is 1. The highest BCUT2D eigenvalue weighted by atomic mass is 15.4. The third-order valence-electron chi connectivity index (χ3n) is 4.20. The van der Waals surface area contributed by atoms with Crippen molar-refractivity contribution in [2.24, 2.45) is 5.92 Å². The molecule has 0 amide bonds. The molecular weight excluding hydrogens is 258 g/mol. The van der Waals surface area contributed by atoms with E-state index in [0.29, 0.717) is 12.0 Å². The summed E-state index contributed by atoms with van der Waals surface area (Å²) in [5.74, 6) is 1.81. The predicted molar refractivity (Wildman–Crippen MR) is 87.8 cm³/mol. The number of anilines is 1. The highest BCUT2D eigenvalue weighted by Crippen LogP contribution is 2.30. The summed E-state index contributed by atoms with van der Waals surface area (Å²) >= 11 is 0. The van der Waals surface area contributed by atoms with E-state index >= 15 is 0 Å². The molecule has 1 aliphatic rings. The summed E-state index contributed by atoms with van der Waals surface area (Å²) in [4.78, 5) is 0. The van der Waals surface area contributed by atoms with Gasteiger partial charge in [-0.2, -0.15) is 5.10 Å². The quantitative estimate of drug-likeness (QED) is 0.917. The van der Waals surface area contributed by atoms with Gasteiger partial charge in [-0.05, 0) is 36.3 Å². The second-order valence-corrected chi connectivity index (χ2v) is 6.39.